The van der Waals surface area contributed by atoms with Gasteiger partial charge in [0.1, 0.15) is 0 Å². The first-order valence-electron chi connectivity index (χ1n) is 3.89. The highest BCUT2D eigenvalue weighted by atomic mass is 32.1. The Labute approximate surface area is 75.7 Å². The highest BCUT2D eigenvalue weighted by Crippen LogP contribution is 2.26. The molecule has 0 saturated heterocycles. The summed E-state index contributed by atoms with van der Waals surface area (Å²) in [5.74, 6) is 0. The maximum absolute atomic E-state index is 3.01. The monoisotopic (exact) mass is 176 g/mol. The smallest absolute Gasteiger partial charge is 0.167 e. The maximum Gasteiger partial charge on any atom is 0.167 e. The molecule has 0 spiro atoms. The third-order valence-electron chi connectivity index (χ3n) is 1.74. The van der Waals surface area contributed by atoms with E-state index in [1.165, 1.54) is 15.3 Å². The van der Waals surface area contributed by atoms with Crippen molar-refractivity contribution in [3.63, 3.8) is 0 Å². The van der Waals surface area contributed by atoms with Crippen molar-refractivity contribution in [1.82, 2.24) is 0 Å². The largest absolute Gasteiger partial charge is 0.218 e. The number of aromatic nitrogens is 1. The van der Waals surface area contributed by atoms with Gasteiger partial charge in [0.05, 0.1) is 0 Å². The second-order valence-electron chi connectivity index (χ2n) is 2.70. The Bertz CT molecular complexity index is 364. The van der Waals surface area contributed by atoms with Crippen LogP contribution in [0.2, 0.25) is 0 Å². The average Bonchev–Trinajstić information content (AvgIpc) is 2.54. The zero-order chi connectivity index (χ0) is 8.39. The molecular weight excluding hydrogens is 166 g/mol. The van der Waals surface area contributed by atoms with Crippen LogP contribution in [0, 0.1) is 6.92 Å². The van der Waals surface area contributed by atoms with Gasteiger partial charge in [0.2, 0.25) is 0 Å². The number of thiophene rings is 1. The molecule has 2 heterocycles. The topological polar surface area (TPSA) is 14.1 Å². The number of aryl methyl sites for hydroxylation is 1. The molecular formula is C10H10NS+. The van der Waals surface area contributed by atoms with E-state index in [1.54, 1.807) is 0 Å². The predicted octanol–water partition coefficient (Wildman–Crippen LogP) is 2.54. The van der Waals surface area contributed by atoms with Crippen LogP contribution in [0.5, 0.6) is 0 Å². The number of H-pyrrole nitrogens is 1. The van der Waals surface area contributed by atoms with E-state index in [4.69, 9.17) is 0 Å². The zero-order valence-electron chi connectivity index (χ0n) is 6.87. The molecule has 2 aromatic heterocycles. The van der Waals surface area contributed by atoms with Crippen molar-refractivity contribution in [3.8, 4) is 10.4 Å². The summed E-state index contributed by atoms with van der Waals surface area (Å²) in [5.41, 5.74) is 1.28. The number of nitrogens with one attached hydrogen (secondary N) is 1. The van der Waals surface area contributed by atoms with Crippen molar-refractivity contribution >= 4 is 11.3 Å². The highest BCUT2D eigenvalue weighted by molar-refractivity contribution is 7.15. The summed E-state index contributed by atoms with van der Waals surface area (Å²) in [6.45, 7) is 2.13. The average molecular weight is 176 g/mol. The summed E-state index contributed by atoms with van der Waals surface area (Å²) in [6, 6.07) is 8.49. The van der Waals surface area contributed by atoms with E-state index in [0.717, 1.165) is 0 Å². The summed E-state index contributed by atoms with van der Waals surface area (Å²) in [6.07, 6.45) is 3.90. The van der Waals surface area contributed by atoms with Gasteiger partial charge < -0.3 is 0 Å². The van der Waals surface area contributed by atoms with Gasteiger partial charge >= 0.3 is 0 Å². The molecule has 0 saturated carbocycles. The summed E-state index contributed by atoms with van der Waals surface area (Å²) < 4.78 is 0. The van der Waals surface area contributed by atoms with Crippen LogP contribution in [0.1, 0.15) is 4.88 Å². The number of rotatable bonds is 1. The molecule has 0 aliphatic carbocycles. The molecule has 0 fully saturated rings. The predicted molar refractivity (Wildman–Crippen MR) is 51.0 cm³/mol. The maximum atomic E-state index is 3.01. The van der Waals surface area contributed by atoms with Crippen LogP contribution in [-0.2, 0) is 0 Å². The third kappa shape index (κ3) is 1.38. The molecule has 1 N–H and O–H groups in total. The Morgan fingerprint density at radius 1 is 1.08 bits per heavy atom. The summed E-state index contributed by atoms with van der Waals surface area (Å²) in [5, 5.41) is 0. The molecule has 2 rings (SSSR count). The Balaban J connectivity index is 2.45. The van der Waals surface area contributed by atoms with E-state index in [-0.39, 0.29) is 0 Å². The second-order valence-corrected chi connectivity index (χ2v) is 3.99. The molecule has 0 amide bonds. The van der Waals surface area contributed by atoms with E-state index < -0.39 is 0 Å². The lowest BCUT2D eigenvalue weighted by Crippen LogP contribution is -1.96. The van der Waals surface area contributed by atoms with Crippen LogP contribution < -0.4 is 4.98 Å². The lowest BCUT2D eigenvalue weighted by molar-refractivity contribution is -0.377. The van der Waals surface area contributed by atoms with Gasteiger partial charge in [0.25, 0.3) is 0 Å². The summed E-state index contributed by atoms with van der Waals surface area (Å²) in [4.78, 5) is 5.71. The Morgan fingerprint density at radius 2 is 1.83 bits per heavy atom. The molecule has 0 unspecified atom stereocenters. The van der Waals surface area contributed by atoms with E-state index >= 15 is 0 Å². The molecule has 0 radical (unpaired) electrons. The fraction of sp³-hybridized carbons (Fsp3) is 0.100. The standard InChI is InChI=1S/C10H9NS/c1-8-2-3-10(12-8)9-4-6-11-7-5-9/h2-7H,1H3/p+1. The van der Waals surface area contributed by atoms with Crippen molar-refractivity contribution in [3.05, 3.63) is 41.5 Å². The minimum atomic E-state index is 1.28. The van der Waals surface area contributed by atoms with Crippen LogP contribution in [0.3, 0.4) is 0 Å². The van der Waals surface area contributed by atoms with Crippen molar-refractivity contribution < 1.29 is 4.98 Å². The van der Waals surface area contributed by atoms with Crippen molar-refractivity contribution in [1.29, 1.82) is 0 Å². The van der Waals surface area contributed by atoms with Crippen molar-refractivity contribution in [2.24, 2.45) is 0 Å². The lowest BCUT2D eigenvalue weighted by atomic mass is 10.2. The van der Waals surface area contributed by atoms with Gasteiger partial charge in [0.15, 0.2) is 12.4 Å². The van der Waals surface area contributed by atoms with E-state index in [9.17, 15) is 0 Å². The summed E-state index contributed by atoms with van der Waals surface area (Å²) >= 11 is 1.83. The lowest BCUT2D eigenvalue weighted by Gasteiger charge is -1.90. The van der Waals surface area contributed by atoms with Crippen LogP contribution >= 0.6 is 11.3 Å². The zero-order valence-corrected chi connectivity index (χ0v) is 7.69. The van der Waals surface area contributed by atoms with Gasteiger partial charge in [0, 0.05) is 27.5 Å². The number of pyridine rings is 1. The molecule has 60 valence electrons. The third-order valence-corrected chi connectivity index (χ3v) is 2.79. The number of hydrogen-bond acceptors (Lipinski definition) is 1. The normalized spacial score (nSPS) is 10.1. The van der Waals surface area contributed by atoms with Gasteiger partial charge in [-0.1, -0.05) is 0 Å². The van der Waals surface area contributed by atoms with Crippen LogP contribution in [0.4, 0.5) is 0 Å². The molecule has 2 aromatic rings. The van der Waals surface area contributed by atoms with E-state index in [1.807, 2.05) is 23.7 Å². The van der Waals surface area contributed by atoms with E-state index in [2.05, 4.69) is 36.2 Å². The first kappa shape index (κ1) is 7.50. The molecule has 0 atom stereocenters. The Kier molecular flexibility index (Phi) is 1.92. The first-order valence-corrected chi connectivity index (χ1v) is 4.71. The van der Waals surface area contributed by atoms with E-state index in [0.29, 0.717) is 0 Å². The van der Waals surface area contributed by atoms with Gasteiger partial charge in [-0.25, -0.2) is 4.98 Å². The molecule has 2 heteroatoms. The number of hydrogen-bond donors (Lipinski definition) is 0. The molecule has 0 aliphatic rings. The van der Waals surface area contributed by atoms with Crippen LogP contribution in [-0.4, -0.2) is 0 Å². The quantitative estimate of drug-likeness (QED) is 0.634. The van der Waals surface area contributed by atoms with Crippen LogP contribution in [0.25, 0.3) is 10.4 Å². The SMILES string of the molecule is Cc1ccc(-c2cc[nH+]cc2)s1. The number of aromatic amines is 1. The van der Waals surface area contributed by atoms with Crippen molar-refractivity contribution in [2.75, 3.05) is 0 Å². The summed E-state index contributed by atoms with van der Waals surface area (Å²) in [7, 11) is 0. The van der Waals surface area contributed by atoms with Gasteiger partial charge in [-0.15, -0.1) is 11.3 Å². The molecule has 12 heavy (non-hydrogen) atoms. The van der Waals surface area contributed by atoms with Crippen LogP contribution in [0.15, 0.2) is 36.7 Å². The first-order chi connectivity index (χ1) is 5.86. The van der Waals surface area contributed by atoms with Crippen molar-refractivity contribution in [2.45, 2.75) is 6.92 Å². The molecule has 1 nitrogen and oxygen atoms in total. The Hall–Kier alpha value is -1.15. The molecule has 0 aromatic carbocycles. The fourth-order valence-corrected chi connectivity index (χ4v) is 2.01. The fourth-order valence-electron chi connectivity index (χ4n) is 1.14. The molecule has 0 bridgehead atoms. The molecule has 0 aliphatic heterocycles. The highest BCUT2D eigenvalue weighted by Gasteiger charge is 1.99. The second kappa shape index (κ2) is 3.07. The minimum Gasteiger partial charge on any atom is -0.218 e. The van der Waals surface area contributed by atoms with Gasteiger partial charge in [-0.3, -0.25) is 0 Å². The Morgan fingerprint density at radius 3 is 2.42 bits per heavy atom. The van der Waals surface area contributed by atoms with Gasteiger partial charge in [-0.2, -0.15) is 0 Å². The minimum absolute atomic E-state index is 1.28. The van der Waals surface area contributed by atoms with Gasteiger partial charge in [-0.05, 0) is 19.1 Å².